The van der Waals surface area contributed by atoms with Crippen molar-refractivity contribution >= 4 is 56.3 Å². The molecule has 0 atom stereocenters. The molecule has 0 bridgehead atoms. The monoisotopic (exact) mass is 666 g/mol. The molecule has 8 heteroatoms. The minimum Gasteiger partial charge on any atom is -0.342 e. The van der Waals surface area contributed by atoms with Crippen LogP contribution in [0.2, 0.25) is 0 Å². The number of hydrogen-bond acceptors (Lipinski definition) is 6. The molecule has 4 aromatic carbocycles. The van der Waals surface area contributed by atoms with Gasteiger partial charge in [0.25, 0.3) is 0 Å². The molecule has 0 radical (unpaired) electrons. The standard InChI is InChI=1S/C43H38N8/c1-6-8-11-32-31(7-2)33(23-38-43(32)51(5)40(50-38)21-18-30-25-45-41-26(3)14-15-27(4)42(41)47-30)28-16-19-34-37(22-28)46-29(24-44-34)17-20-39-48-35-12-9-10-13-36(35)49-39/h6-16,19,22-25H,1-2,17-18,20-21H2,3-5H3,(H,48,49)/b11-8-. The molecule has 0 unspecified atom stereocenters. The maximum atomic E-state index is 5.18. The Morgan fingerprint density at radius 2 is 1.49 bits per heavy atom. The number of aromatic nitrogens is 8. The molecule has 0 amide bonds. The summed E-state index contributed by atoms with van der Waals surface area (Å²) in [6, 6.07) is 20.7. The summed E-state index contributed by atoms with van der Waals surface area (Å²) in [6.07, 6.45) is 14.5. The molecule has 0 aliphatic carbocycles. The zero-order chi connectivity index (χ0) is 35.1. The summed E-state index contributed by atoms with van der Waals surface area (Å²) in [5.74, 6) is 1.92. The molecule has 1 N–H and O–H groups in total. The summed E-state index contributed by atoms with van der Waals surface area (Å²) in [6.45, 7) is 12.3. The van der Waals surface area contributed by atoms with Crippen molar-refractivity contribution in [2.24, 2.45) is 7.05 Å². The van der Waals surface area contributed by atoms with Gasteiger partial charge < -0.3 is 9.55 Å². The van der Waals surface area contributed by atoms with Crippen LogP contribution >= 0.6 is 0 Å². The van der Waals surface area contributed by atoms with E-state index in [9.17, 15) is 0 Å². The zero-order valence-electron chi connectivity index (χ0n) is 29.1. The number of imidazole rings is 2. The van der Waals surface area contributed by atoms with Gasteiger partial charge in [-0.15, -0.1) is 0 Å². The number of hydrogen-bond donors (Lipinski definition) is 1. The highest BCUT2D eigenvalue weighted by Gasteiger charge is 2.19. The number of rotatable bonds is 10. The lowest BCUT2D eigenvalue weighted by Crippen LogP contribution is -2.03. The highest BCUT2D eigenvalue weighted by atomic mass is 15.1. The van der Waals surface area contributed by atoms with Gasteiger partial charge in [0.2, 0.25) is 0 Å². The molecule has 8 aromatic rings. The van der Waals surface area contributed by atoms with Crippen LogP contribution in [-0.4, -0.2) is 39.5 Å². The van der Waals surface area contributed by atoms with Crippen molar-refractivity contribution in [3.05, 3.63) is 144 Å². The normalized spacial score (nSPS) is 11.8. The summed E-state index contributed by atoms with van der Waals surface area (Å²) in [7, 11) is 2.08. The molecule has 0 fully saturated rings. The number of benzene rings is 4. The molecular formula is C43H38N8. The van der Waals surface area contributed by atoms with E-state index < -0.39 is 0 Å². The van der Waals surface area contributed by atoms with Gasteiger partial charge in [-0.2, -0.15) is 0 Å². The number of H-pyrrole nitrogens is 1. The van der Waals surface area contributed by atoms with E-state index in [4.69, 9.17) is 29.9 Å². The third kappa shape index (κ3) is 5.99. The van der Waals surface area contributed by atoms with E-state index in [1.54, 1.807) is 6.08 Å². The molecule has 0 saturated carbocycles. The van der Waals surface area contributed by atoms with Crippen molar-refractivity contribution in [3.8, 4) is 11.1 Å². The van der Waals surface area contributed by atoms with E-state index in [1.807, 2.05) is 54.9 Å². The van der Waals surface area contributed by atoms with E-state index in [1.165, 1.54) is 0 Å². The third-order valence-electron chi connectivity index (χ3n) is 9.65. The Labute approximate surface area is 296 Å². The molecule has 0 aliphatic rings. The largest absolute Gasteiger partial charge is 0.342 e. The second-order valence-corrected chi connectivity index (χ2v) is 13.0. The molecule has 51 heavy (non-hydrogen) atoms. The number of nitrogens with one attached hydrogen (secondary N) is 1. The van der Waals surface area contributed by atoms with Crippen LogP contribution in [0.4, 0.5) is 0 Å². The quantitative estimate of drug-likeness (QED) is 0.146. The van der Waals surface area contributed by atoms with Crippen LogP contribution in [0.1, 0.15) is 45.3 Å². The fraction of sp³-hybridized carbons (Fsp3) is 0.163. The number of aryl methyl sites for hydroxylation is 7. The van der Waals surface area contributed by atoms with Gasteiger partial charge in [0.15, 0.2) is 0 Å². The fourth-order valence-electron chi connectivity index (χ4n) is 6.96. The van der Waals surface area contributed by atoms with E-state index in [0.717, 1.165) is 126 Å². The van der Waals surface area contributed by atoms with Crippen LogP contribution in [0.25, 0.3) is 67.4 Å². The van der Waals surface area contributed by atoms with Gasteiger partial charge >= 0.3 is 0 Å². The van der Waals surface area contributed by atoms with Crippen molar-refractivity contribution in [2.75, 3.05) is 0 Å². The van der Waals surface area contributed by atoms with Crippen molar-refractivity contribution in [3.63, 3.8) is 0 Å². The summed E-state index contributed by atoms with van der Waals surface area (Å²) in [5.41, 5.74) is 15.9. The molecule has 8 rings (SSSR count). The molecule has 4 aromatic heterocycles. The first kappa shape index (κ1) is 32.0. The maximum Gasteiger partial charge on any atom is 0.110 e. The van der Waals surface area contributed by atoms with Crippen LogP contribution in [0.3, 0.4) is 0 Å². The minimum absolute atomic E-state index is 0.724. The van der Waals surface area contributed by atoms with Gasteiger partial charge in [0.05, 0.1) is 55.5 Å². The van der Waals surface area contributed by atoms with Gasteiger partial charge in [-0.25, -0.2) is 19.9 Å². The molecular weight excluding hydrogens is 629 g/mol. The number of nitrogens with zero attached hydrogens (tertiary/aromatic N) is 7. The van der Waals surface area contributed by atoms with Crippen molar-refractivity contribution < 1.29 is 0 Å². The Morgan fingerprint density at radius 3 is 2.31 bits per heavy atom. The molecule has 0 saturated heterocycles. The summed E-state index contributed by atoms with van der Waals surface area (Å²) < 4.78 is 2.19. The topological polar surface area (TPSA) is 98.1 Å². The van der Waals surface area contributed by atoms with Crippen molar-refractivity contribution in [2.45, 2.75) is 39.5 Å². The average Bonchev–Trinajstić information content (AvgIpc) is 3.72. The minimum atomic E-state index is 0.724. The Bertz CT molecular complexity index is 2640. The Morgan fingerprint density at radius 1 is 0.706 bits per heavy atom. The van der Waals surface area contributed by atoms with Crippen LogP contribution in [-0.2, 0) is 32.7 Å². The summed E-state index contributed by atoms with van der Waals surface area (Å²) in [5, 5.41) is 0. The maximum absolute atomic E-state index is 5.18. The van der Waals surface area contributed by atoms with E-state index >= 15 is 0 Å². The van der Waals surface area contributed by atoms with Gasteiger partial charge in [-0.1, -0.05) is 67.8 Å². The third-order valence-corrected chi connectivity index (χ3v) is 9.65. The molecule has 8 nitrogen and oxygen atoms in total. The molecule has 0 aliphatic heterocycles. The SMILES string of the molecule is C=C/C=C\c1c(C=C)c(-c2ccc3ncc(CCc4nc5ccccc5[nH]4)nc3c2)cc2nc(CCc3cnc4c(C)ccc(C)c4n3)n(C)c12. The average molecular weight is 667 g/mol. The van der Waals surface area contributed by atoms with E-state index in [2.05, 4.69) is 80.0 Å². The first-order valence-electron chi connectivity index (χ1n) is 17.3. The van der Waals surface area contributed by atoms with E-state index in [-0.39, 0.29) is 0 Å². The van der Waals surface area contributed by atoms with Crippen LogP contribution < -0.4 is 0 Å². The van der Waals surface area contributed by atoms with Crippen molar-refractivity contribution in [1.29, 1.82) is 0 Å². The lowest BCUT2D eigenvalue weighted by Gasteiger charge is -2.13. The first-order chi connectivity index (χ1) is 24.9. The lowest BCUT2D eigenvalue weighted by atomic mass is 9.93. The van der Waals surface area contributed by atoms with E-state index in [0.29, 0.717) is 0 Å². The first-order valence-corrected chi connectivity index (χ1v) is 17.3. The second kappa shape index (κ2) is 13.2. The predicted molar refractivity (Wildman–Crippen MR) is 208 cm³/mol. The predicted octanol–water partition coefficient (Wildman–Crippen LogP) is 9.03. The van der Waals surface area contributed by atoms with Crippen LogP contribution in [0.15, 0.2) is 98.4 Å². The smallest absolute Gasteiger partial charge is 0.110 e. The second-order valence-electron chi connectivity index (χ2n) is 13.0. The highest BCUT2D eigenvalue weighted by molar-refractivity contribution is 5.98. The van der Waals surface area contributed by atoms with Gasteiger partial charge in [-0.05, 0) is 84.8 Å². The Kier molecular flexibility index (Phi) is 8.28. The summed E-state index contributed by atoms with van der Waals surface area (Å²) in [4.78, 5) is 32.9. The van der Waals surface area contributed by atoms with Crippen LogP contribution in [0, 0.1) is 13.8 Å². The number of fused-ring (bicyclic) bond motifs is 4. The number of allylic oxidation sites excluding steroid dienone is 2. The lowest BCUT2D eigenvalue weighted by molar-refractivity contribution is 0.775. The van der Waals surface area contributed by atoms with Gasteiger partial charge in [0.1, 0.15) is 11.6 Å². The summed E-state index contributed by atoms with van der Waals surface area (Å²) >= 11 is 0. The fourth-order valence-corrected chi connectivity index (χ4v) is 6.96. The van der Waals surface area contributed by atoms with Crippen molar-refractivity contribution in [1.82, 2.24) is 39.5 Å². The Hall–Kier alpha value is -6.28. The molecule has 250 valence electrons. The van der Waals surface area contributed by atoms with Gasteiger partial charge in [0, 0.05) is 37.8 Å². The molecule has 4 heterocycles. The van der Waals surface area contributed by atoms with Crippen LogP contribution in [0.5, 0.6) is 0 Å². The highest BCUT2D eigenvalue weighted by Crippen LogP contribution is 2.36. The number of aromatic amines is 1. The Balaban J connectivity index is 1.14. The molecule has 0 spiro atoms. The zero-order valence-corrected chi connectivity index (χ0v) is 29.1. The van der Waals surface area contributed by atoms with Gasteiger partial charge in [-0.3, -0.25) is 9.97 Å². The number of para-hydroxylation sites is 2.